The van der Waals surface area contributed by atoms with E-state index < -0.39 is 5.92 Å². The number of hydrogen-bond acceptors (Lipinski definition) is 2. The van der Waals surface area contributed by atoms with Crippen molar-refractivity contribution in [3.8, 4) is 0 Å². The van der Waals surface area contributed by atoms with Crippen molar-refractivity contribution in [3.63, 3.8) is 0 Å². The van der Waals surface area contributed by atoms with Crippen molar-refractivity contribution in [2.45, 2.75) is 30.9 Å². The lowest BCUT2D eigenvalue weighted by molar-refractivity contribution is -0.0176. The van der Waals surface area contributed by atoms with Crippen LogP contribution in [0, 0.1) is 0 Å². The number of benzene rings is 1. The predicted octanol–water partition coefficient (Wildman–Crippen LogP) is 1.89. The van der Waals surface area contributed by atoms with E-state index in [0.29, 0.717) is 12.8 Å². The topological polar surface area (TPSA) is 32.3 Å². The third kappa shape index (κ3) is 2.57. The van der Waals surface area contributed by atoms with Gasteiger partial charge in [0.1, 0.15) is 0 Å². The van der Waals surface area contributed by atoms with E-state index in [9.17, 15) is 8.78 Å². The van der Waals surface area contributed by atoms with E-state index in [-0.39, 0.29) is 24.3 Å². The molecule has 0 atom stereocenters. The molecule has 0 aromatic heterocycles. The van der Waals surface area contributed by atoms with Crippen LogP contribution in [0.5, 0.6) is 0 Å². The van der Waals surface area contributed by atoms with E-state index in [1.807, 2.05) is 0 Å². The van der Waals surface area contributed by atoms with Crippen LogP contribution in [0.1, 0.15) is 18.4 Å². The molecule has 1 aromatic carbocycles. The van der Waals surface area contributed by atoms with Gasteiger partial charge in [0.05, 0.1) is 12.6 Å². The molecule has 2 rings (SSSR count). The smallest absolute Gasteiger partial charge is 0.285 e. The Morgan fingerprint density at radius 2 is 1.88 bits per heavy atom. The highest BCUT2D eigenvalue weighted by atomic mass is 19.3. The average Bonchev–Trinajstić information content (AvgIpc) is 2.24. The summed E-state index contributed by atoms with van der Waals surface area (Å²) < 4.78 is 27.3. The first-order chi connectivity index (χ1) is 7.58. The molecule has 16 heavy (non-hydrogen) atoms. The molecule has 1 aliphatic carbocycles. The molecule has 88 valence electrons. The van der Waals surface area contributed by atoms with Gasteiger partial charge in [0.2, 0.25) is 0 Å². The Hall–Kier alpha value is -1.00. The van der Waals surface area contributed by atoms with Crippen LogP contribution in [0.15, 0.2) is 30.3 Å². The summed E-state index contributed by atoms with van der Waals surface area (Å²) in [6.45, 7) is -0.367. The molecule has 0 unspecified atom stereocenters. The first-order valence-electron chi connectivity index (χ1n) is 5.43. The van der Waals surface area contributed by atoms with E-state index >= 15 is 0 Å². The summed E-state index contributed by atoms with van der Waals surface area (Å²) in [7, 11) is 0. The van der Waals surface area contributed by atoms with Gasteiger partial charge in [-0.2, -0.15) is 8.78 Å². The van der Waals surface area contributed by atoms with Crippen molar-refractivity contribution in [1.82, 2.24) is 5.32 Å². The Kier molecular flexibility index (Phi) is 3.21. The van der Waals surface area contributed by atoms with Crippen LogP contribution in [-0.4, -0.2) is 23.8 Å². The van der Waals surface area contributed by atoms with E-state index in [4.69, 9.17) is 5.11 Å². The van der Waals surface area contributed by atoms with Crippen LogP contribution in [0.4, 0.5) is 8.78 Å². The number of nitrogens with one attached hydrogen (secondary N) is 1. The van der Waals surface area contributed by atoms with Crippen LogP contribution in [0.25, 0.3) is 0 Å². The number of halogens is 2. The Morgan fingerprint density at radius 1 is 1.25 bits per heavy atom. The number of alkyl halides is 2. The summed E-state index contributed by atoms with van der Waals surface area (Å²) in [5, 5.41) is 11.8. The van der Waals surface area contributed by atoms with Gasteiger partial charge in [-0.3, -0.25) is 0 Å². The van der Waals surface area contributed by atoms with Crippen LogP contribution in [0.3, 0.4) is 0 Å². The fraction of sp³-hybridized carbons (Fsp3) is 0.500. The zero-order chi connectivity index (χ0) is 11.6. The second-order valence-corrected chi connectivity index (χ2v) is 4.27. The van der Waals surface area contributed by atoms with Gasteiger partial charge in [-0.05, 0) is 12.8 Å². The number of hydrogen-bond donors (Lipinski definition) is 2. The standard InChI is InChI=1S/C12H15F2NO/c13-12(14,9-4-2-1-3-5-9)8-15-10-6-11(16)7-10/h1-5,10-11,15-16H,6-8H2. The molecule has 0 bridgehead atoms. The maximum absolute atomic E-state index is 13.6. The summed E-state index contributed by atoms with van der Waals surface area (Å²) in [6.07, 6.45) is 0.832. The summed E-state index contributed by atoms with van der Waals surface area (Å²) >= 11 is 0. The highest BCUT2D eigenvalue weighted by Crippen LogP contribution is 2.28. The maximum atomic E-state index is 13.6. The molecule has 0 radical (unpaired) electrons. The molecule has 1 saturated carbocycles. The monoisotopic (exact) mass is 227 g/mol. The third-order valence-corrected chi connectivity index (χ3v) is 2.92. The minimum Gasteiger partial charge on any atom is -0.393 e. The van der Waals surface area contributed by atoms with Gasteiger partial charge in [0.15, 0.2) is 0 Å². The Labute approximate surface area is 93.3 Å². The summed E-state index contributed by atoms with van der Waals surface area (Å²) in [6, 6.07) is 7.82. The fourth-order valence-electron chi connectivity index (χ4n) is 1.81. The molecule has 1 fully saturated rings. The van der Waals surface area contributed by atoms with Crippen molar-refractivity contribution >= 4 is 0 Å². The van der Waals surface area contributed by atoms with Crippen LogP contribution < -0.4 is 5.32 Å². The zero-order valence-electron chi connectivity index (χ0n) is 8.87. The van der Waals surface area contributed by atoms with Crippen molar-refractivity contribution in [3.05, 3.63) is 35.9 Å². The molecule has 2 nitrogen and oxygen atoms in total. The largest absolute Gasteiger partial charge is 0.393 e. The molecule has 1 aliphatic rings. The minimum absolute atomic E-state index is 0.0300. The van der Waals surface area contributed by atoms with Gasteiger partial charge in [0, 0.05) is 11.6 Å². The summed E-state index contributed by atoms with van der Waals surface area (Å²) in [4.78, 5) is 0. The average molecular weight is 227 g/mol. The van der Waals surface area contributed by atoms with Crippen LogP contribution in [0.2, 0.25) is 0 Å². The van der Waals surface area contributed by atoms with Gasteiger partial charge in [-0.1, -0.05) is 30.3 Å². The lowest BCUT2D eigenvalue weighted by atomic mass is 9.89. The molecule has 0 spiro atoms. The Morgan fingerprint density at radius 3 is 2.44 bits per heavy atom. The molecular formula is C12H15F2NO. The van der Waals surface area contributed by atoms with Gasteiger partial charge in [-0.15, -0.1) is 0 Å². The fourth-order valence-corrected chi connectivity index (χ4v) is 1.81. The Bertz CT molecular complexity index is 336. The number of rotatable bonds is 4. The lowest BCUT2D eigenvalue weighted by Gasteiger charge is -2.33. The first-order valence-corrected chi connectivity index (χ1v) is 5.43. The second kappa shape index (κ2) is 4.47. The molecular weight excluding hydrogens is 212 g/mol. The van der Waals surface area contributed by atoms with Crippen LogP contribution in [-0.2, 0) is 5.92 Å². The predicted molar refractivity (Wildman–Crippen MR) is 57.4 cm³/mol. The van der Waals surface area contributed by atoms with Crippen molar-refractivity contribution in [2.75, 3.05) is 6.54 Å². The normalized spacial score (nSPS) is 25.2. The SMILES string of the molecule is OC1CC(NCC(F)(F)c2ccccc2)C1. The molecule has 2 N–H and O–H groups in total. The van der Waals surface area contributed by atoms with Gasteiger partial charge in [0.25, 0.3) is 5.92 Å². The molecule has 0 saturated heterocycles. The molecule has 0 amide bonds. The van der Waals surface area contributed by atoms with Crippen molar-refractivity contribution in [1.29, 1.82) is 0 Å². The van der Waals surface area contributed by atoms with E-state index in [1.54, 1.807) is 18.2 Å². The van der Waals surface area contributed by atoms with Gasteiger partial charge < -0.3 is 10.4 Å². The number of aliphatic hydroxyl groups excluding tert-OH is 1. The van der Waals surface area contributed by atoms with E-state index in [2.05, 4.69) is 5.32 Å². The molecule has 0 heterocycles. The maximum Gasteiger partial charge on any atom is 0.285 e. The lowest BCUT2D eigenvalue weighted by Crippen LogP contribution is -2.47. The second-order valence-electron chi connectivity index (χ2n) is 4.27. The van der Waals surface area contributed by atoms with E-state index in [1.165, 1.54) is 12.1 Å². The van der Waals surface area contributed by atoms with Gasteiger partial charge >= 0.3 is 0 Å². The van der Waals surface area contributed by atoms with Crippen LogP contribution >= 0.6 is 0 Å². The van der Waals surface area contributed by atoms with Gasteiger partial charge in [-0.25, -0.2) is 0 Å². The van der Waals surface area contributed by atoms with E-state index in [0.717, 1.165) is 0 Å². The zero-order valence-corrected chi connectivity index (χ0v) is 8.87. The summed E-state index contributed by atoms with van der Waals surface area (Å²) in [5.41, 5.74) is 0.0300. The molecule has 4 heteroatoms. The molecule has 1 aromatic rings. The van der Waals surface area contributed by atoms with Crippen molar-refractivity contribution in [2.24, 2.45) is 0 Å². The summed E-state index contributed by atoms with van der Waals surface area (Å²) in [5.74, 6) is -2.85. The van der Waals surface area contributed by atoms with Crippen molar-refractivity contribution < 1.29 is 13.9 Å². The molecule has 0 aliphatic heterocycles. The first kappa shape index (κ1) is 11.5. The minimum atomic E-state index is -2.85. The third-order valence-electron chi connectivity index (χ3n) is 2.92. The Balaban J connectivity index is 1.88. The highest BCUT2D eigenvalue weighted by Gasteiger charge is 2.34. The number of aliphatic hydroxyl groups is 1. The quantitative estimate of drug-likeness (QED) is 0.823. The highest BCUT2D eigenvalue weighted by molar-refractivity contribution is 5.20.